The molecule has 0 aliphatic heterocycles. The summed E-state index contributed by atoms with van der Waals surface area (Å²) in [5.41, 5.74) is 0. The Morgan fingerprint density at radius 3 is 0.308 bits per heavy atom. The molecule has 6 nitrogen and oxygen atoms in total. The average Bonchev–Trinajstić information content (AvgIpc) is 0. The van der Waals surface area contributed by atoms with E-state index in [9.17, 15) is 0 Å². The predicted molar refractivity (Wildman–Crippen MR) is 67.7 cm³/mol. The Bertz CT molecular complexity index is 17.1. The van der Waals surface area contributed by atoms with Crippen LogP contribution >= 0.6 is 74.4 Å². The summed E-state index contributed by atoms with van der Waals surface area (Å²) in [4.78, 5) is 0. The quantitative estimate of drug-likeness (QED) is 0.300. The standard InChI is InChI=1S/6ClH.6H2O.Pt/h6*1H;6*1H2;/p+2. The molecular formula is H20Cl6O6Pt+2. The van der Waals surface area contributed by atoms with Gasteiger partial charge in [0.25, 0.3) is 0 Å². The molecule has 0 amide bonds. The van der Waals surface area contributed by atoms with Gasteiger partial charge >= 0.3 is 0 Å². The molecule has 0 bridgehead atoms. The van der Waals surface area contributed by atoms with Crippen LogP contribution in [0.4, 0.5) is 0 Å². The van der Waals surface area contributed by atoms with Crippen LogP contribution in [0.5, 0.6) is 0 Å². The summed E-state index contributed by atoms with van der Waals surface area (Å²) >= 11 is 0. The molecule has 13 heavy (non-hydrogen) atoms. The van der Waals surface area contributed by atoms with Gasteiger partial charge in [0.1, 0.15) is 0 Å². The van der Waals surface area contributed by atoms with Crippen LogP contribution in [0.25, 0.3) is 0 Å². The number of hydrogen-bond donors (Lipinski definition) is 0. The molecule has 0 rings (SSSR count). The topological polar surface area (TPSA) is 192 Å². The molecule has 0 aromatic carbocycles. The molecule has 0 aromatic rings. The van der Waals surface area contributed by atoms with E-state index in [1.165, 1.54) is 0 Å². The summed E-state index contributed by atoms with van der Waals surface area (Å²) in [6, 6.07) is 0. The Balaban J connectivity index is 0. The molecule has 0 radical (unpaired) electrons. The monoisotopic (exact) mass is 521 g/mol. The molecule has 13 heteroatoms. The van der Waals surface area contributed by atoms with Crippen LogP contribution in [0.15, 0.2) is 0 Å². The molecular weight excluding hydrogens is 504 g/mol. The van der Waals surface area contributed by atoms with Crippen LogP contribution in [-0.4, -0.2) is 21.9 Å². The van der Waals surface area contributed by atoms with E-state index in [4.69, 9.17) is 0 Å². The molecule has 0 heterocycles. The third-order valence-corrected chi connectivity index (χ3v) is 0. The van der Waals surface area contributed by atoms with Crippen molar-refractivity contribution >= 4 is 74.4 Å². The van der Waals surface area contributed by atoms with Gasteiger partial charge in [-0.3, -0.25) is 0 Å². The largest absolute Gasteiger partial charge is 0.457 e. The van der Waals surface area contributed by atoms with Gasteiger partial charge in [-0.25, -0.2) is 0 Å². The number of hydrogen-bond acceptors (Lipinski definition) is 0. The van der Waals surface area contributed by atoms with E-state index < -0.39 is 0 Å². The maximum atomic E-state index is 0. The van der Waals surface area contributed by atoms with Gasteiger partial charge in [-0.05, 0) is 0 Å². The van der Waals surface area contributed by atoms with Crippen molar-refractivity contribution < 1.29 is 53.9 Å². The van der Waals surface area contributed by atoms with Crippen LogP contribution in [0.1, 0.15) is 0 Å². The number of halogens is 6. The fraction of sp³-hybridized carbons (Fsp3) is 0. The SMILES string of the molecule is Cl.Cl.Cl.Cl.Cl.Cl.O.O.O.O.[OH3+].[OH3+].[Pt]. The minimum atomic E-state index is 0. The van der Waals surface area contributed by atoms with E-state index >= 15 is 0 Å². The Morgan fingerprint density at radius 2 is 0.308 bits per heavy atom. The third kappa shape index (κ3) is 440. The van der Waals surface area contributed by atoms with Gasteiger partial charge in [0.2, 0.25) is 0 Å². The van der Waals surface area contributed by atoms with Gasteiger partial charge in [0.05, 0.1) is 0 Å². The molecule has 0 saturated heterocycles. The van der Waals surface area contributed by atoms with Gasteiger partial charge in [0, 0.05) is 21.1 Å². The van der Waals surface area contributed by atoms with E-state index in [1.54, 1.807) is 0 Å². The van der Waals surface area contributed by atoms with Crippen LogP contribution in [0.3, 0.4) is 0 Å². The molecule has 0 atom stereocenters. The van der Waals surface area contributed by atoms with Crippen molar-refractivity contribution in [2.45, 2.75) is 0 Å². The second-order valence-electron chi connectivity index (χ2n) is 0. The van der Waals surface area contributed by atoms with Crippen molar-refractivity contribution in [2.24, 2.45) is 0 Å². The average molecular weight is 524 g/mol. The van der Waals surface area contributed by atoms with E-state index in [-0.39, 0.29) is 128 Å². The molecule has 0 fully saturated rings. The third-order valence-electron chi connectivity index (χ3n) is 0. The van der Waals surface area contributed by atoms with E-state index in [0.717, 1.165) is 0 Å². The zero-order valence-electron chi connectivity index (χ0n) is 5.92. The van der Waals surface area contributed by atoms with Crippen LogP contribution in [0, 0.1) is 0 Å². The van der Waals surface area contributed by atoms with Gasteiger partial charge in [-0.2, -0.15) is 0 Å². The summed E-state index contributed by atoms with van der Waals surface area (Å²) in [6.45, 7) is 0. The van der Waals surface area contributed by atoms with Gasteiger partial charge in [-0.15, -0.1) is 74.4 Å². The first kappa shape index (κ1) is 638. The van der Waals surface area contributed by atoms with Crippen molar-refractivity contribution in [3.63, 3.8) is 0 Å². The van der Waals surface area contributed by atoms with Gasteiger partial charge < -0.3 is 32.9 Å². The van der Waals surface area contributed by atoms with Crippen LogP contribution < -0.4 is 0 Å². The van der Waals surface area contributed by atoms with Crippen molar-refractivity contribution in [3.8, 4) is 0 Å². The van der Waals surface area contributed by atoms with Crippen molar-refractivity contribution in [1.82, 2.24) is 0 Å². The zero-order valence-corrected chi connectivity index (χ0v) is 13.1. The molecule has 0 aliphatic carbocycles. The Hall–Kier alpha value is 2.19. The molecule has 0 aliphatic rings. The Kier molecular flexibility index (Phi) is 25300. The molecule has 14 N–H and O–H groups in total. The second-order valence-corrected chi connectivity index (χ2v) is 0. The number of rotatable bonds is 0. The smallest absolute Gasteiger partial charge is 0 e. The maximum absolute atomic E-state index is 0. The predicted octanol–water partition coefficient (Wildman–Crippen LogP) is -2.61. The van der Waals surface area contributed by atoms with Crippen molar-refractivity contribution in [1.29, 1.82) is 0 Å². The fourth-order valence-electron chi connectivity index (χ4n) is 0. The maximum Gasteiger partial charge on any atom is 0 e. The van der Waals surface area contributed by atoms with E-state index in [2.05, 4.69) is 0 Å². The molecule has 0 aromatic heterocycles. The minimum absolute atomic E-state index is 0. The summed E-state index contributed by atoms with van der Waals surface area (Å²) in [7, 11) is 0. The van der Waals surface area contributed by atoms with Crippen LogP contribution in [-0.2, 0) is 32.0 Å². The van der Waals surface area contributed by atoms with E-state index in [0.29, 0.717) is 0 Å². The molecule has 106 valence electrons. The first-order chi connectivity index (χ1) is 0. The summed E-state index contributed by atoms with van der Waals surface area (Å²) in [6.07, 6.45) is 0. The minimum Gasteiger partial charge on any atom is -0.457 e. The van der Waals surface area contributed by atoms with Crippen LogP contribution in [0.2, 0.25) is 0 Å². The van der Waals surface area contributed by atoms with Gasteiger partial charge in [0.15, 0.2) is 0 Å². The van der Waals surface area contributed by atoms with E-state index in [1.807, 2.05) is 0 Å². The Morgan fingerprint density at radius 1 is 0.308 bits per heavy atom. The summed E-state index contributed by atoms with van der Waals surface area (Å²) < 4.78 is 0. The van der Waals surface area contributed by atoms with Crippen molar-refractivity contribution in [3.05, 3.63) is 0 Å². The van der Waals surface area contributed by atoms with Crippen molar-refractivity contribution in [2.75, 3.05) is 0 Å². The first-order valence-corrected chi connectivity index (χ1v) is 0. The fourth-order valence-corrected chi connectivity index (χ4v) is 0. The zero-order chi connectivity index (χ0) is 0. The molecule has 0 spiro atoms. The van der Waals surface area contributed by atoms with Gasteiger partial charge in [-0.1, -0.05) is 0 Å². The summed E-state index contributed by atoms with van der Waals surface area (Å²) in [5.74, 6) is 0. The second kappa shape index (κ2) is 515. The molecule has 0 unspecified atom stereocenters. The molecule has 0 saturated carbocycles. The summed E-state index contributed by atoms with van der Waals surface area (Å²) in [5, 5.41) is 0. The first-order valence-electron chi connectivity index (χ1n) is 0. The normalized spacial score (nSPS) is 0. The Labute approximate surface area is 128 Å².